The molecule has 1 heterocycles. The Labute approximate surface area is 108 Å². The van der Waals surface area contributed by atoms with Crippen LogP contribution in [0.15, 0.2) is 16.9 Å². The molecule has 1 aliphatic rings. The van der Waals surface area contributed by atoms with E-state index in [1.165, 1.54) is 0 Å². The highest BCUT2D eigenvalue weighted by Gasteiger charge is 2.29. The van der Waals surface area contributed by atoms with Gasteiger partial charge in [-0.25, -0.2) is 9.97 Å². The van der Waals surface area contributed by atoms with E-state index in [9.17, 15) is 4.79 Å². The lowest BCUT2D eigenvalue weighted by molar-refractivity contribution is -0.122. The van der Waals surface area contributed by atoms with Gasteiger partial charge in [0, 0.05) is 18.4 Å². The third-order valence-corrected chi connectivity index (χ3v) is 3.48. The summed E-state index contributed by atoms with van der Waals surface area (Å²) < 4.78 is 0.832. The Morgan fingerprint density at radius 3 is 2.65 bits per heavy atom. The number of hydrogen-bond acceptors (Lipinski definition) is 4. The minimum Gasteiger partial charge on any atom is -0.369 e. The highest BCUT2D eigenvalue weighted by Crippen LogP contribution is 2.26. The third kappa shape index (κ3) is 3.15. The zero-order valence-corrected chi connectivity index (χ0v) is 11.0. The average Bonchev–Trinajstić information content (AvgIpc) is 2.32. The van der Waals surface area contributed by atoms with Crippen molar-refractivity contribution in [1.82, 2.24) is 9.97 Å². The van der Waals surface area contributed by atoms with Gasteiger partial charge in [-0.2, -0.15) is 0 Å². The predicted molar refractivity (Wildman–Crippen MR) is 68.3 cm³/mol. The molecule has 1 saturated carbocycles. The fourth-order valence-electron chi connectivity index (χ4n) is 2.20. The van der Waals surface area contributed by atoms with Crippen LogP contribution in [-0.2, 0) is 4.79 Å². The molecule has 92 valence electrons. The number of aromatic nitrogens is 2. The number of primary amides is 1. The maximum atomic E-state index is 11.3. The van der Waals surface area contributed by atoms with Crippen LogP contribution in [-0.4, -0.2) is 21.9 Å². The summed E-state index contributed by atoms with van der Waals surface area (Å²) in [6, 6.07) is 0.0578. The molecule has 0 radical (unpaired) electrons. The molecule has 1 aromatic heterocycles. The van der Waals surface area contributed by atoms with E-state index in [0.29, 0.717) is 5.95 Å². The van der Waals surface area contributed by atoms with Crippen LogP contribution in [0, 0.1) is 5.92 Å². The molecule has 1 amide bonds. The van der Waals surface area contributed by atoms with Crippen molar-refractivity contribution >= 4 is 27.8 Å². The van der Waals surface area contributed by atoms with E-state index in [1.54, 1.807) is 12.4 Å². The predicted octanol–water partition coefficient (Wildman–Crippen LogP) is 1.70. The van der Waals surface area contributed by atoms with Gasteiger partial charge in [0.25, 0.3) is 0 Å². The van der Waals surface area contributed by atoms with Crippen molar-refractivity contribution in [2.45, 2.75) is 31.7 Å². The standard InChI is InChI=1S/C11H15BrN4O/c12-7-5-14-11(15-6-7)16-9-4-2-1-3-8(9)10(13)17/h5-6,8-9H,1-4H2,(H2,13,17)(H,14,15,16)/t8-,9+/m0/s1. The van der Waals surface area contributed by atoms with E-state index in [-0.39, 0.29) is 17.9 Å². The molecule has 3 N–H and O–H groups in total. The molecule has 0 spiro atoms. The molecule has 0 aromatic carbocycles. The van der Waals surface area contributed by atoms with Gasteiger partial charge < -0.3 is 11.1 Å². The van der Waals surface area contributed by atoms with Crippen molar-refractivity contribution in [2.75, 3.05) is 5.32 Å². The Hall–Kier alpha value is -1.17. The van der Waals surface area contributed by atoms with Gasteiger partial charge in [0.2, 0.25) is 11.9 Å². The Bertz CT molecular complexity index is 395. The van der Waals surface area contributed by atoms with Gasteiger partial charge in [-0.15, -0.1) is 0 Å². The van der Waals surface area contributed by atoms with Gasteiger partial charge in [-0.1, -0.05) is 12.8 Å². The topological polar surface area (TPSA) is 80.9 Å². The zero-order valence-electron chi connectivity index (χ0n) is 9.40. The van der Waals surface area contributed by atoms with E-state index >= 15 is 0 Å². The van der Waals surface area contributed by atoms with Gasteiger partial charge in [0.15, 0.2) is 0 Å². The molecule has 2 atom stereocenters. The highest BCUT2D eigenvalue weighted by molar-refractivity contribution is 9.10. The van der Waals surface area contributed by atoms with Gasteiger partial charge in [-0.05, 0) is 28.8 Å². The van der Waals surface area contributed by atoms with Gasteiger partial charge in [-0.3, -0.25) is 4.79 Å². The summed E-state index contributed by atoms with van der Waals surface area (Å²) in [5.74, 6) is 0.196. The molecular weight excluding hydrogens is 284 g/mol. The Morgan fingerprint density at radius 1 is 1.35 bits per heavy atom. The zero-order chi connectivity index (χ0) is 12.3. The van der Waals surface area contributed by atoms with Crippen molar-refractivity contribution in [1.29, 1.82) is 0 Å². The Kier molecular flexibility index (Phi) is 3.93. The molecule has 0 aliphatic heterocycles. The second kappa shape index (κ2) is 5.44. The lowest BCUT2D eigenvalue weighted by Crippen LogP contribution is -2.40. The van der Waals surface area contributed by atoms with Crippen molar-refractivity contribution in [3.8, 4) is 0 Å². The fourth-order valence-corrected chi connectivity index (χ4v) is 2.40. The fraction of sp³-hybridized carbons (Fsp3) is 0.545. The Morgan fingerprint density at radius 2 is 2.00 bits per heavy atom. The summed E-state index contributed by atoms with van der Waals surface area (Å²) in [4.78, 5) is 19.6. The molecule has 5 nitrogen and oxygen atoms in total. The summed E-state index contributed by atoms with van der Waals surface area (Å²) in [7, 11) is 0. The lowest BCUT2D eigenvalue weighted by Gasteiger charge is -2.29. The smallest absolute Gasteiger partial charge is 0.222 e. The summed E-state index contributed by atoms with van der Waals surface area (Å²) in [5.41, 5.74) is 5.41. The first-order chi connectivity index (χ1) is 8.16. The van der Waals surface area contributed by atoms with Crippen LogP contribution >= 0.6 is 15.9 Å². The first kappa shape index (κ1) is 12.3. The van der Waals surface area contributed by atoms with Crippen LogP contribution in [0.1, 0.15) is 25.7 Å². The summed E-state index contributed by atoms with van der Waals surface area (Å²) in [5, 5.41) is 3.20. The molecular formula is C11H15BrN4O. The molecule has 17 heavy (non-hydrogen) atoms. The summed E-state index contributed by atoms with van der Waals surface area (Å²) in [6.45, 7) is 0. The molecule has 1 fully saturated rings. The number of nitrogens with one attached hydrogen (secondary N) is 1. The van der Waals surface area contributed by atoms with E-state index in [0.717, 1.165) is 30.2 Å². The average molecular weight is 299 g/mol. The van der Waals surface area contributed by atoms with E-state index in [2.05, 4.69) is 31.2 Å². The largest absolute Gasteiger partial charge is 0.369 e. The van der Waals surface area contributed by atoms with Gasteiger partial charge >= 0.3 is 0 Å². The molecule has 1 aromatic rings. The van der Waals surface area contributed by atoms with Crippen LogP contribution in [0.25, 0.3) is 0 Å². The number of anilines is 1. The lowest BCUT2D eigenvalue weighted by atomic mass is 9.84. The van der Waals surface area contributed by atoms with Crippen LogP contribution in [0.4, 0.5) is 5.95 Å². The van der Waals surface area contributed by atoms with Crippen LogP contribution in [0.2, 0.25) is 0 Å². The van der Waals surface area contributed by atoms with Crippen molar-refractivity contribution in [2.24, 2.45) is 11.7 Å². The Balaban J connectivity index is 2.05. The molecule has 2 rings (SSSR count). The quantitative estimate of drug-likeness (QED) is 0.890. The first-order valence-corrected chi connectivity index (χ1v) is 6.49. The number of halogens is 1. The number of amides is 1. The second-order valence-electron chi connectivity index (χ2n) is 4.27. The van der Waals surface area contributed by atoms with Crippen molar-refractivity contribution in [3.05, 3.63) is 16.9 Å². The van der Waals surface area contributed by atoms with Crippen molar-refractivity contribution < 1.29 is 4.79 Å². The van der Waals surface area contributed by atoms with E-state index in [1.807, 2.05) is 0 Å². The summed E-state index contributed by atoms with van der Waals surface area (Å²) >= 11 is 3.28. The van der Waals surface area contributed by atoms with E-state index in [4.69, 9.17) is 5.73 Å². The molecule has 0 bridgehead atoms. The molecule has 0 saturated heterocycles. The maximum absolute atomic E-state index is 11.3. The minimum absolute atomic E-state index is 0.0578. The minimum atomic E-state index is -0.237. The first-order valence-electron chi connectivity index (χ1n) is 5.70. The SMILES string of the molecule is NC(=O)[C@H]1CCCC[C@H]1Nc1ncc(Br)cn1. The van der Waals surface area contributed by atoms with Crippen LogP contribution in [0.3, 0.4) is 0 Å². The number of nitrogens with two attached hydrogens (primary N) is 1. The van der Waals surface area contributed by atoms with E-state index < -0.39 is 0 Å². The highest BCUT2D eigenvalue weighted by atomic mass is 79.9. The number of hydrogen-bond donors (Lipinski definition) is 2. The van der Waals surface area contributed by atoms with Crippen LogP contribution < -0.4 is 11.1 Å². The normalized spacial score (nSPS) is 24.3. The number of rotatable bonds is 3. The maximum Gasteiger partial charge on any atom is 0.222 e. The third-order valence-electron chi connectivity index (χ3n) is 3.07. The second-order valence-corrected chi connectivity index (χ2v) is 5.18. The van der Waals surface area contributed by atoms with Crippen molar-refractivity contribution in [3.63, 3.8) is 0 Å². The monoisotopic (exact) mass is 298 g/mol. The number of nitrogens with zero attached hydrogens (tertiary/aromatic N) is 2. The molecule has 0 unspecified atom stereocenters. The van der Waals surface area contributed by atoms with Gasteiger partial charge in [0.1, 0.15) is 0 Å². The molecule has 1 aliphatic carbocycles. The van der Waals surface area contributed by atoms with Gasteiger partial charge in [0.05, 0.1) is 10.4 Å². The number of carbonyl (C=O) groups is 1. The van der Waals surface area contributed by atoms with Crippen LogP contribution in [0.5, 0.6) is 0 Å². The number of carbonyl (C=O) groups excluding carboxylic acids is 1. The summed E-state index contributed by atoms with van der Waals surface area (Å²) in [6.07, 6.45) is 7.32. The molecule has 6 heteroatoms.